The third kappa shape index (κ3) is 1.93. The smallest absolute Gasteiger partial charge is 0.128 e. The second-order valence-electron chi connectivity index (χ2n) is 4.67. The lowest BCUT2D eigenvalue weighted by Crippen LogP contribution is -2.28. The molecule has 0 saturated heterocycles. The predicted octanol–water partition coefficient (Wildman–Crippen LogP) is 1.95. The minimum Gasteiger partial charge on any atom is -0.493 e. The molecule has 0 amide bonds. The summed E-state index contributed by atoms with van der Waals surface area (Å²) in [5.41, 5.74) is 7.86. The third-order valence-corrected chi connectivity index (χ3v) is 3.12. The highest BCUT2D eigenvalue weighted by atomic mass is 16.5. The Balaban J connectivity index is 2.49. The lowest BCUT2D eigenvalue weighted by Gasteiger charge is -2.18. The Hall–Kier alpha value is -1.06. The van der Waals surface area contributed by atoms with Gasteiger partial charge >= 0.3 is 0 Å². The SMILES string of the molecule is CC(C)c1cccc2c1OCC[C@H](N)[C@@H]2O. The number of hydrogen-bond donors (Lipinski definition) is 2. The molecule has 3 N–H and O–H groups in total. The first-order valence-electron chi connectivity index (χ1n) is 5.80. The largest absolute Gasteiger partial charge is 0.493 e. The third-order valence-electron chi connectivity index (χ3n) is 3.12. The summed E-state index contributed by atoms with van der Waals surface area (Å²) < 4.78 is 5.74. The lowest BCUT2D eigenvalue weighted by atomic mass is 9.94. The van der Waals surface area contributed by atoms with Gasteiger partial charge < -0.3 is 15.6 Å². The van der Waals surface area contributed by atoms with Gasteiger partial charge in [-0.1, -0.05) is 32.0 Å². The zero-order valence-electron chi connectivity index (χ0n) is 9.81. The molecule has 1 aromatic carbocycles. The van der Waals surface area contributed by atoms with Crippen molar-refractivity contribution in [2.24, 2.45) is 5.73 Å². The van der Waals surface area contributed by atoms with Gasteiger partial charge in [0.2, 0.25) is 0 Å². The average Bonchev–Trinajstić information content (AvgIpc) is 2.40. The molecular formula is C13H19NO2. The van der Waals surface area contributed by atoms with Crippen molar-refractivity contribution in [3.05, 3.63) is 29.3 Å². The number of ether oxygens (including phenoxy) is 1. The van der Waals surface area contributed by atoms with E-state index in [0.717, 1.165) is 16.9 Å². The van der Waals surface area contributed by atoms with Gasteiger partial charge in [0.25, 0.3) is 0 Å². The van der Waals surface area contributed by atoms with E-state index >= 15 is 0 Å². The summed E-state index contributed by atoms with van der Waals surface area (Å²) in [6.45, 7) is 4.82. The molecule has 1 aliphatic heterocycles. The number of rotatable bonds is 1. The van der Waals surface area contributed by atoms with E-state index in [0.29, 0.717) is 18.9 Å². The van der Waals surface area contributed by atoms with Crippen molar-refractivity contribution < 1.29 is 9.84 Å². The van der Waals surface area contributed by atoms with E-state index in [1.807, 2.05) is 18.2 Å². The van der Waals surface area contributed by atoms with Crippen LogP contribution in [0.4, 0.5) is 0 Å². The van der Waals surface area contributed by atoms with Crippen molar-refractivity contribution in [1.82, 2.24) is 0 Å². The fourth-order valence-electron chi connectivity index (χ4n) is 2.11. The van der Waals surface area contributed by atoms with E-state index in [1.54, 1.807) is 0 Å². The minimum atomic E-state index is -0.615. The number of benzene rings is 1. The molecule has 1 aromatic rings. The highest BCUT2D eigenvalue weighted by Gasteiger charge is 2.26. The van der Waals surface area contributed by atoms with Crippen LogP contribution in [0.2, 0.25) is 0 Å². The predicted molar refractivity (Wildman–Crippen MR) is 63.6 cm³/mol. The Morgan fingerprint density at radius 2 is 2.19 bits per heavy atom. The second-order valence-corrected chi connectivity index (χ2v) is 4.67. The standard InChI is InChI=1S/C13H19NO2/c1-8(2)9-4-3-5-10-12(15)11(14)6-7-16-13(9)10/h3-5,8,11-12,15H,6-7,14H2,1-2H3/t11-,12+/m0/s1. The van der Waals surface area contributed by atoms with Crippen molar-refractivity contribution in [3.63, 3.8) is 0 Å². The maximum absolute atomic E-state index is 10.1. The summed E-state index contributed by atoms with van der Waals surface area (Å²) >= 11 is 0. The first kappa shape index (κ1) is 11.4. The fourth-order valence-corrected chi connectivity index (χ4v) is 2.11. The van der Waals surface area contributed by atoms with Crippen molar-refractivity contribution in [1.29, 1.82) is 0 Å². The van der Waals surface area contributed by atoms with Gasteiger partial charge in [-0.3, -0.25) is 0 Å². The number of aliphatic hydroxyl groups excluding tert-OH is 1. The van der Waals surface area contributed by atoms with Crippen LogP contribution in [0.5, 0.6) is 5.75 Å². The first-order chi connectivity index (χ1) is 7.61. The second kappa shape index (κ2) is 4.44. The van der Waals surface area contributed by atoms with Crippen LogP contribution in [0.25, 0.3) is 0 Å². The van der Waals surface area contributed by atoms with Gasteiger partial charge in [-0.05, 0) is 17.9 Å². The Bertz CT molecular complexity index is 376. The number of aliphatic hydroxyl groups is 1. The Labute approximate surface area is 96.2 Å². The molecule has 0 aliphatic carbocycles. The fraction of sp³-hybridized carbons (Fsp3) is 0.538. The molecule has 0 radical (unpaired) electrons. The Kier molecular flexibility index (Phi) is 3.17. The van der Waals surface area contributed by atoms with Crippen molar-refractivity contribution in [2.75, 3.05) is 6.61 Å². The van der Waals surface area contributed by atoms with Gasteiger partial charge in [-0.25, -0.2) is 0 Å². The van der Waals surface area contributed by atoms with Crippen LogP contribution < -0.4 is 10.5 Å². The van der Waals surface area contributed by atoms with Crippen LogP contribution >= 0.6 is 0 Å². The monoisotopic (exact) mass is 221 g/mol. The van der Waals surface area contributed by atoms with E-state index in [-0.39, 0.29) is 6.04 Å². The molecule has 0 fully saturated rings. The lowest BCUT2D eigenvalue weighted by molar-refractivity contribution is 0.145. The maximum Gasteiger partial charge on any atom is 0.128 e. The zero-order chi connectivity index (χ0) is 11.7. The number of fused-ring (bicyclic) bond motifs is 1. The van der Waals surface area contributed by atoms with E-state index in [1.165, 1.54) is 0 Å². The van der Waals surface area contributed by atoms with Crippen LogP contribution in [0.1, 0.15) is 43.4 Å². The molecule has 1 heterocycles. The van der Waals surface area contributed by atoms with Crippen LogP contribution in [0.15, 0.2) is 18.2 Å². The van der Waals surface area contributed by atoms with Crippen LogP contribution in [0.3, 0.4) is 0 Å². The molecule has 0 saturated carbocycles. The van der Waals surface area contributed by atoms with Gasteiger partial charge in [0, 0.05) is 11.6 Å². The Morgan fingerprint density at radius 3 is 2.88 bits per heavy atom. The molecule has 3 nitrogen and oxygen atoms in total. The van der Waals surface area contributed by atoms with E-state index in [9.17, 15) is 5.11 Å². The molecule has 2 atom stereocenters. The number of hydrogen-bond acceptors (Lipinski definition) is 3. The van der Waals surface area contributed by atoms with Gasteiger partial charge in [0.05, 0.1) is 12.7 Å². The summed E-state index contributed by atoms with van der Waals surface area (Å²) in [6.07, 6.45) is 0.0732. The zero-order valence-corrected chi connectivity index (χ0v) is 9.81. The molecule has 0 spiro atoms. The van der Waals surface area contributed by atoms with E-state index in [4.69, 9.17) is 10.5 Å². The first-order valence-corrected chi connectivity index (χ1v) is 5.80. The highest BCUT2D eigenvalue weighted by Crippen LogP contribution is 2.36. The van der Waals surface area contributed by atoms with Gasteiger partial charge in [-0.15, -0.1) is 0 Å². The van der Waals surface area contributed by atoms with Crippen molar-refractivity contribution >= 4 is 0 Å². The maximum atomic E-state index is 10.1. The van der Waals surface area contributed by atoms with Gasteiger partial charge in [0.15, 0.2) is 0 Å². The van der Waals surface area contributed by atoms with Crippen molar-refractivity contribution in [3.8, 4) is 5.75 Å². The van der Waals surface area contributed by atoms with Gasteiger partial charge in [0.1, 0.15) is 5.75 Å². The van der Waals surface area contributed by atoms with Gasteiger partial charge in [-0.2, -0.15) is 0 Å². The molecular weight excluding hydrogens is 202 g/mol. The highest BCUT2D eigenvalue weighted by molar-refractivity contribution is 5.45. The van der Waals surface area contributed by atoms with E-state index in [2.05, 4.69) is 13.8 Å². The van der Waals surface area contributed by atoms with Crippen LogP contribution in [-0.2, 0) is 0 Å². The quantitative estimate of drug-likeness (QED) is 0.762. The summed E-state index contributed by atoms with van der Waals surface area (Å²) in [7, 11) is 0. The summed E-state index contributed by atoms with van der Waals surface area (Å²) in [4.78, 5) is 0. The molecule has 2 rings (SSSR count). The summed E-state index contributed by atoms with van der Waals surface area (Å²) in [5.74, 6) is 1.22. The average molecular weight is 221 g/mol. The molecule has 3 heteroatoms. The molecule has 0 unspecified atom stereocenters. The number of para-hydroxylation sites is 1. The minimum absolute atomic E-state index is 0.233. The van der Waals surface area contributed by atoms with E-state index < -0.39 is 6.10 Å². The van der Waals surface area contributed by atoms with Crippen LogP contribution in [-0.4, -0.2) is 17.8 Å². The van der Waals surface area contributed by atoms with Crippen LogP contribution in [0, 0.1) is 0 Å². The summed E-state index contributed by atoms with van der Waals surface area (Å²) in [5, 5.41) is 10.1. The normalized spacial score (nSPS) is 24.8. The topological polar surface area (TPSA) is 55.5 Å². The van der Waals surface area contributed by atoms with Crippen molar-refractivity contribution in [2.45, 2.75) is 38.3 Å². The molecule has 0 bridgehead atoms. The molecule has 88 valence electrons. The molecule has 1 aliphatic rings. The number of nitrogens with two attached hydrogens (primary N) is 1. The summed E-state index contributed by atoms with van der Waals surface area (Å²) in [6, 6.07) is 5.67. The molecule has 0 aromatic heterocycles. The Morgan fingerprint density at radius 1 is 1.44 bits per heavy atom. The molecule has 16 heavy (non-hydrogen) atoms.